The van der Waals surface area contributed by atoms with Crippen LogP contribution in [0.5, 0.6) is 0 Å². The van der Waals surface area contributed by atoms with Crippen LogP contribution in [0.2, 0.25) is 0 Å². The number of H-pyrrole nitrogens is 1. The zero-order valence-corrected chi connectivity index (χ0v) is 17.4. The van der Waals surface area contributed by atoms with Crippen molar-refractivity contribution in [2.24, 2.45) is 0 Å². The number of carbonyl (C=O) groups is 1. The molecule has 0 unspecified atom stereocenters. The van der Waals surface area contributed by atoms with Crippen molar-refractivity contribution in [1.82, 2.24) is 19.7 Å². The smallest absolute Gasteiger partial charge is 0.179 e. The molecule has 7 heteroatoms. The number of aliphatic hydroxyl groups is 1. The molecule has 5 rings (SSSR count). The third kappa shape index (κ3) is 3.75. The molecule has 2 N–H and O–H groups in total. The molecule has 1 aliphatic heterocycles. The van der Waals surface area contributed by atoms with Crippen molar-refractivity contribution in [3.05, 3.63) is 65.7 Å². The summed E-state index contributed by atoms with van der Waals surface area (Å²) in [5, 5.41) is 17.3. The summed E-state index contributed by atoms with van der Waals surface area (Å²) >= 11 is 0. The molecule has 0 atom stereocenters. The Morgan fingerprint density at radius 3 is 2.81 bits per heavy atom. The molecular weight excluding hydrogens is 395 g/mol. The summed E-state index contributed by atoms with van der Waals surface area (Å²) in [5.74, 6) is -0.382. The maximum absolute atomic E-state index is 13.7. The number of halogens is 1. The number of nitrogens with one attached hydrogen (secondary N) is 1. The minimum Gasteiger partial charge on any atom is -0.388 e. The van der Waals surface area contributed by atoms with Crippen molar-refractivity contribution < 1.29 is 14.3 Å². The third-order valence-electron chi connectivity index (χ3n) is 6.38. The Hall–Kier alpha value is -3.03. The number of hydrogen-bond donors (Lipinski definition) is 2. The molecule has 0 saturated carbocycles. The number of carbonyl (C=O) groups excluding carboxylic acids is 1. The largest absolute Gasteiger partial charge is 0.388 e. The first kappa shape index (κ1) is 19.9. The number of para-hydroxylation sites is 1. The van der Waals surface area contributed by atoms with Crippen LogP contribution in [0.15, 0.2) is 48.7 Å². The van der Waals surface area contributed by atoms with Gasteiger partial charge in [-0.25, -0.2) is 4.39 Å². The first-order valence-electron chi connectivity index (χ1n) is 10.6. The minimum absolute atomic E-state index is 0.0298. The Morgan fingerprint density at radius 2 is 2.00 bits per heavy atom. The number of fused-ring (bicyclic) bond motifs is 2. The highest BCUT2D eigenvalue weighted by Gasteiger charge is 2.34. The quantitative estimate of drug-likeness (QED) is 0.483. The fourth-order valence-electron chi connectivity index (χ4n) is 4.66. The molecule has 3 heterocycles. The van der Waals surface area contributed by atoms with Gasteiger partial charge in [0.2, 0.25) is 0 Å². The Bertz CT molecular complexity index is 1270. The van der Waals surface area contributed by atoms with E-state index in [0.717, 1.165) is 22.1 Å². The number of piperidine rings is 1. The number of aryl methyl sites for hydroxylation is 1. The SMILES string of the molecule is Cc1[nH]c2ccc(F)cc2c1C(=O)CN1CCC(O)(Cn2ncc3ccccc32)CC1. The highest BCUT2D eigenvalue weighted by atomic mass is 19.1. The first-order valence-corrected chi connectivity index (χ1v) is 10.6. The van der Waals surface area contributed by atoms with Gasteiger partial charge in [0.1, 0.15) is 5.82 Å². The van der Waals surface area contributed by atoms with Gasteiger partial charge in [-0.2, -0.15) is 5.10 Å². The molecule has 0 radical (unpaired) electrons. The topological polar surface area (TPSA) is 74.2 Å². The highest BCUT2D eigenvalue weighted by Crippen LogP contribution is 2.28. The standard InChI is InChI=1S/C24H25FN4O2/c1-16-23(19-12-18(25)6-7-20(19)27-16)22(30)14-28-10-8-24(31,9-11-28)15-29-21-5-3-2-4-17(21)13-26-29/h2-7,12-13,27,31H,8-11,14-15H2,1H3. The van der Waals surface area contributed by atoms with E-state index in [4.69, 9.17) is 0 Å². The number of aromatic amines is 1. The van der Waals surface area contributed by atoms with Crippen molar-refractivity contribution in [2.75, 3.05) is 19.6 Å². The molecule has 0 aliphatic carbocycles. The lowest BCUT2D eigenvalue weighted by Gasteiger charge is -2.38. The Balaban J connectivity index is 1.26. The average Bonchev–Trinajstić information content (AvgIpc) is 3.29. The van der Waals surface area contributed by atoms with E-state index in [1.54, 1.807) is 6.07 Å². The molecule has 0 spiro atoms. The number of aromatic nitrogens is 3. The van der Waals surface area contributed by atoms with E-state index in [9.17, 15) is 14.3 Å². The second-order valence-electron chi connectivity index (χ2n) is 8.60. The van der Waals surface area contributed by atoms with Gasteiger partial charge in [0.15, 0.2) is 5.78 Å². The van der Waals surface area contributed by atoms with Crippen LogP contribution in [-0.2, 0) is 6.54 Å². The molecule has 160 valence electrons. The predicted octanol–water partition coefficient (Wildman–Crippen LogP) is 3.67. The number of ketones is 1. The van der Waals surface area contributed by atoms with E-state index in [2.05, 4.69) is 15.0 Å². The van der Waals surface area contributed by atoms with Gasteiger partial charge < -0.3 is 10.1 Å². The first-order chi connectivity index (χ1) is 14.9. The van der Waals surface area contributed by atoms with E-state index in [0.29, 0.717) is 43.4 Å². The maximum Gasteiger partial charge on any atom is 0.179 e. The lowest BCUT2D eigenvalue weighted by atomic mass is 9.91. The number of Topliss-reactive ketones (excluding diaryl/α,β-unsaturated/α-hetero) is 1. The average molecular weight is 420 g/mol. The number of benzene rings is 2. The Morgan fingerprint density at radius 1 is 1.23 bits per heavy atom. The van der Waals surface area contributed by atoms with Crippen LogP contribution in [0, 0.1) is 12.7 Å². The van der Waals surface area contributed by atoms with Crippen molar-refractivity contribution in [3.8, 4) is 0 Å². The van der Waals surface area contributed by atoms with Crippen LogP contribution >= 0.6 is 0 Å². The molecule has 1 saturated heterocycles. The van der Waals surface area contributed by atoms with E-state index in [1.807, 2.05) is 42.1 Å². The van der Waals surface area contributed by atoms with Crippen LogP contribution in [0.25, 0.3) is 21.8 Å². The van der Waals surface area contributed by atoms with E-state index < -0.39 is 5.60 Å². The van der Waals surface area contributed by atoms with Gasteiger partial charge >= 0.3 is 0 Å². The van der Waals surface area contributed by atoms with E-state index in [-0.39, 0.29) is 18.1 Å². The lowest BCUT2D eigenvalue weighted by Crippen LogP contribution is -2.48. The van der Waals surface area contributed by atoms with Crippen molar-refractivity contribution >= 4 is 27.6 Å². The summed E-state index contributed by atoms with van der Waals surface area (Å²) in [6.07, 6.45) is 2.95. The van der Waals surface area contributed by atoms with Crippen molar-refractivity contribution in [2.45, 2.75) is 31.9 Å². The minimum atomic E-state index is -0.853. The van der Waals surface area contributed by atoms with Crippen LogP contribution < -0.4 is 0 Å². The van der Waals surface area contributed by atoms with E-state index >= 15 is 0 Å². The number of rotatable bonds is 5. The molecule has 2 aromatic heterocycles. The number of hydrogen-bond acceptors (Lipinski definition) is 4. The second kappa shape index (κ2) is 7.59. The molecule has 2 aromatic carbocycles. The molecule has 1 aliphatic rings. The van der Waals surface area contributed by atoms with Gasteiger partial charge in [-0.1, -0.05) is 18.2 Å². The normalized spacial score (nSPS) is 16.9. The third-order valence-corrected chi connectivity index (χ3v) is 6.38. The van der Waals surface area contributed by atoms with Gasteiger partial charge in [0, 0.05) is 40.6 Å². The van der Waals surface area contributed by atoms with Crippen LogP contribution in [0.4, 0.5) is 4.39 Å². The molecule has 1 fully saturated rings. The van der Waals surface area contributed by atoms with Crippen LogP contribution in [-0.4, -0.2) is 55.8 Å². The summed E-state index contributed by atoms with van der Waals surface area (Å²) in [7, 11) is 0. The number of likely N-dealkylation sites (tertiary alicyclic amines) is 1. The fourth-order valence-corrected chi connectivity index (χ4v) is 4.66. The summed E-state index contributed by atoms with van der Waals surface area (Å²) in [6, 6.07) is 12.4. The van der Waals surface area contributed by atoms with Gasteiger partial charge in [-0.15, -0.1) is 0 Å². The molecule has 31 heavy (non-hydrogen) atoms. The van der Waals surface area contributed by atoms with Gasteiger partial charge in [-0.05, 0) is 44.0 Å². The van der Waals surface area contributed by atoms with Gasteiger partial charge in [-0.3, -0.25) is 14.4 Å². The predicted molar refractivity (Wildman–Crippen MR) is 118 cm³/mol. The lowest BCUT2D eigenvalue weighted by molar-refractivity contribution is -0.0342. The maximum atomic E-state index is 13.7. The molecule has 4 aromatic rings. The van der Waals surface area contributed by atoms with Crippen molar-refractivity contribution in [1.29, 1.82) is 0 Å². The summed E-state index contributed by atoms with van der Waals surface area (Å²) in [4.78, 5) is 18.3. The van der Waals surface area contributed by atoms with Gasteiger partial charge in [0.25, 0.3) is 0 Å². The summed E-state index contributed by atoms with van der Waals surface area (Å²) in [5.41, 5.74) is 2.23. The molecule has 0 bridgehead atoms. The van der Waals surface area contributed by atoms with E-state index in [1.165, 1.54) is 12.1 Å². The molecule has 0 amide bonds. The highest BCUT2D eigenvalue weighted by molar-refractivity contribution is 6.10. The Kier molecular flexibility index (Phi) is 4.87. The molecular formula is C24H25FN4O2. The van der Waals surface area contributed by atoms with Crippen LogP contribution in [0.1, 0.15) is 28.9 Å². The number of nitrogens with zero attached hydrogens (tertiary/aromatic N) is 3. The Labute approximate surface area is 179 Å². The monoisotopic (exact) mass is 420 g/mol. The summed E-state index contributed by atoms with van der Waals surface area (Å²) < 4.78 is 15.6. The molecule has 6 nitrogen and oxygen atoms in total. The zero-order chi connectivity index (χ0) is 21.6. The fraction of sp³-hybridized carbons (Fsp3) is 0.333. The summed E-state index contributed by atoms with van der Waals surface area (Å²) in [6.45, 7) is 3.77. The second-order valence-corrected chi connectivity index (χ2v) is 8.60. The zero-order valence-electron chi connectivity index (χ0n) is 17.4. The van der Waals surface area contributed by atoms with Crippen LogP contribution in [0.3, 0.4) is 0 Å². The van der Waals surface area contributed by atoms with Gasteiger partial charge in [0.05, 0.1) is 30.4 Å². The van der Waals surface area contributed by atoms with Crippen molar-refractivity contribution in [3.63, 3.8) is 0 Å².